The number of benzene rings is 2. The molecule has 1 aromatic heterocycles. The van der Waals surface area contributed by atoms with Crippen molar-refractivity contribution in [3.63, 3.8) is 0 Å². The molecule has 0 saturated carbocycles. The predicted octanol–water partition coefficient (Wildman–Crippen LogP) is 3.54. The Balaban J connectivity index is 1.71. The number of nitrogens with one attached hydrogen (secondary N) is 1. The number of carbonyl (C=O) groups is 1. The first-order valence-corrected chi connectivity index (χ1v) is 14.5. The van der Waals surface area contributed by atoms with E-state index in [9.17, 15) is 18.3 Å². The molecular weight excluding hydrogens is 516 g/mol. The molecular formula is C29H36N4O5S. The van der Waals surface area contributed by atoms with E-state index < -0.39 is 16.1 Å². The second-order valence-corrected chi connectivity index (χ2v) is 12.0. The van der Waals surface area contributed by atoms with E-state index in [1.165, 1.54) is 0 Å². The maximum atomic E-state index is 13.7. The summed E-state index contributed by atoms with van der Waals surface area (Å²) in [5, 5.41) is 9.90. The summed E-state index contributed by atoms with van der Waals surface area (Å²) in [7, 11) is -1.96. The third kappa shape index (κ3) is 6.76. The molecule has 39 heavy (non-hydrogen) atoms. The van der Waals surface area contributed by atoms with Crippen molar-refractivity contribution < 1.29 is 23.1 Å². The van der Waals surface area contributed by atoms with Crippen molar-refractivity contribution in [3.05, 3.63) is 83.7 Å². The summed E-state index contributed by atoms with van der Waals surface area (Å²) in [5.41, 5.74) is 2.48. The molecule has 10 heteroatoms. The number of aromatic nitrogens is 1. The summed E-state index contributed by atoms with van der Waals surface area (Å²) in [5.74, 6) is -0.252. The molecule has 1 aliphatic heterocycles. The van der Waals surface area contributed by atoms with Gasteiger partial charge in [0.25, 0.3) is 15.9 Å². The van der Waals surface area contributed by atoms with Crippen LogP contribution in [-0.4, -0.2) is 73.1 Å². The summed E-state index contributed by atoms with van der Waals surface area (Å²) in [6, 6.07) is 14.9. The minimum absolute atomic E-state index is 0.111. The molecule has 2 heterocycles. The van der Waals surface area contributed by atoms with Gasteiger partial charge in [-0.15, -0.1) is 0 Å². The van der Waals surface area contributed by atoms with Crippen LogP contribution in [0.2, 0.25) is 0 Å². The molecule has 0 radical (unpaired) electrons. The maximum Gasteiger partial charge on any atom is 0.262 e. The highest BCUT2D eigenvalue weighted by atomic mass is 32.2. The number of anilines is 1. The molecule has 0 unspecified atom stereocenters. The number of pyridine rings is 1. The van der Waals surface area contributed by atoms with Crippen LogP contribution >= 0.6 is 0 Å². The molecule has 1 aliphatic rings. The van der Waals surface area contributed by atoms with Crippen LogP contribution in [0.1, 0.15) is 35.3 Å². The van der Waals surface area contributed by atoms with Gasteiger partial charge in [-0.2, -0.15) is 0 Å². The van der Waals surface area contributed by atoms with Crippen LogP contribution in [0.3, 0.4) is 0 Å². The molecule has 3 aromatic rings. The zero-order valence-electron chi connectivity index (χ0n) is 22.7. The number of likely N-dealkylation sites (N-methyl/N-ethyl adjacent to an activating group) is 1. The Morgan fingerprint density at radius 2 is 1.85 bits per heavy atom. The van der Waals surface area contributed by atoms with Crippen molar-refractivity contribution in [1.82, 2.24) is 14.8 Å². The Labute approximate surface area is 230 Å². The average Bonchev–Trinajstić information content (AvgIpc) is 2.91. The van der Waals surface area contributed by atoms with Gasteiger partial charge in [-0.05, 0) is 62.9 Å². The monoisotopic (exact) mass is 552 g/mol. The number of aryl methyl sites for hydroxylation is 1. The number of amides is 1. The molecule has 3 atom stereocenters. The first-order valence-electron chi connectivity index (χ1n) is 13.0. The normalized spacial score (nSPS) is 18.6. The fourth-order valence-electron chi connectivity index (χ4n) is 4.63. The summed E-state index contributed by atoms with van der Waals surface area (Å²) in [6.07, 6.45) is 3.13. The van der Waals surface area contributed by atoms with E-state index in [0.29, 0.717) is 19.6 Å². The number of ether oxygens (including phenoxy) is 1. The van der Waals surface area contributed by atoms with Crippen LogP contribution in [0.4, 0.5) is 5.69 Å². The summed E-state index contributed by atoms with van der Waals surface area (Å²) >= 11 is 0. The summed E-state index contributed by atoms with van der Waals surface area (Å²) in [6.45, 7) is 7.06. The van der Waals surface area contributed by atoms with E-state index in [4.69, 9.17) is 4.74 Å². The highest BCUT2D eigenvalue weighted by Crippen LogP contribution is 2.36. The number of para-hydroxylation sites is 1. The molecule has 208 valence electrons. The molecule has 4 rings (SSSR count). The average molecular weight is 553 g/mol. The van der Waals surface area contributed by atoms with E-state index in [1.54, 1.807) is 66.7 Å². The van der Waals surface area contributed by atoms with E-state index in [-0.39, 0.29) is 46.4 Å². The highest BCUT2D eigenvalue weighted by molar-refractivity contribution is 7.92. The van der Waals surface area contributed by atoms with Gasteiger partial charge < -0.3 is 14.7 Å². The zero-order valence-corrected chi connectivity index (χ0v) is 23.6. The van der Waals surface area contributed by atoms with Gasteiger partial charge >= 0.3 is 0 Å². The van der Waals surface area contributed by atoms with Crippen molar-refractivity contribution in [3.8, 4) is 5.75 Å². The Morgan fingerprint density at radius 1 is 1.15 bits per heavy atom. The highest BCUT2D eigenvalue weighted by Gasteiger charge is 2.35. The van der Waals surface area contributed by atoms with Crippen molar-refractivity contribution in [1.29, 1.82) is 0 Å². The zero-order chi connectivity index (χ0) is 28.2. The van der Waals surface area contributed by atoms with Gasteiger partial charge in [-0.3, -0.25) is 19.4 Å². The van der Waals surface area contributed by atoms with Gasteiger partial charge in [0.2, 0.25) is 0 Å². The minimum Gasteiger partial charge on any atom is -0.486 e. The largest absolute Gasteiger partial charge is 0.486 e. The fraction of sp³-hybridized carbons (Fsp3) is 0.379. The van der Waals surface area contributed by atoms with E-state index in [1.807, 2.05) is 33.0 Å². The second kappa shape index (κ2) is 12.1. The van der Waals surface area contributed by atoms with E-state index >= 15 is 0 Å². The quantitative estimate of drug-likeness (QED) is 0.418. The maximum absolute atomic E-state index is 13.7. The third-order valence-corrected chi connectivity index (χ3v) is 8.34. The molecule has 1 amide bonds. The van der Waals surface area contributed by atoms with E-state index in [2.05, 4.69) is 14.6 Å². The molecule has 9 nitrogen and oxygen atoms in total. The predicted molar refractivity (Wildman–Crippen MR) is 150 cm³/mol. The second-order valence-electron chi connectivity index (χ2n) is 10.3. The van der Waals surface area contributed by atoms with Crippen molar-refractivity contribution in [2.75, 3.05) is 31.5 Å². The van der Waals surface area contributed by atoms with Gasteiger partial charge in [-0.25, -0.2) is 8.42 Å². The lowest BCUT2D eigenvalue weighted by atomic mass is 9.99. The number of rotatable bonds is 9. The Hall–Kier alpha value is -3.47. The standard InChI is InChI=1S/C29H36N4O5S/c1-20-8-10-24(11-9-20)39(36,37)31-26-7-5-6-25-28(26)38-27(18-32(4)17-23-12-14-30-15-13-23)21(2)16-33(29(25)35)22(3)19-34/h5-15,21-22,27,31,34H,16-19H2,1-4H3/t21-,22+,27+/m1/s1. The van der Waals surface area contributed by atoms with E-state index in [0.717, 1.165) is 11.1 Å². The lowest BCUT2D eigenvalue weighted by Gasteiger charge is -2.38. The molecule has 0 saturated heterocycles. The lowest BCUT2D eigenvalue weighted by molar-refractivity contribution is 0.0344. The topological polar surface area (TPSA) is 112 Å². The van der Waals surface area contributed by atoms with Crippen LogP contribution in [0, 0.1) is 12.8 Å². The molecule has 2 N–H and O–H groups in total. The number of carbonyl (C=O) groups excluding carboxylic acids is 1. The minimum atomic E-state index is -3.94. The number of aliphatic hydroxyl groups is 1. The molecule has 0 fully saturated rings. The molecule has 0 aliphatic carbocycles. The van der Waals surface area contributed by atoms with Crippen LogP contribution < -0.4 is 9.46 Å². The van der Waals surface area contributed by atoms with Gasteiger partial charge in [-0.1, -0.05) is 30.7 Å². The smallest absolute Gasteiger partial charge is 0.262 e. The lowest BCUT2D eigenvalue weighted by Crippen LogP contribution is -2.49. The Kier molecular flexibility index (Phi) is 8.89. The number of sulfonamides is 1. The third-order valence-electron chi connectivity index (χ3n) is 6.96. The number of hydrogen-bond acceptors (Lipinski definition) is 7. The van der Waals surface area contributed by atoms with Gasteiger partial charge in [0.15, 0.2) is 5.75 Å². The first kappa shape index (κ1) is 28.5. The number of aliphatic hydroxyl groups excluding tert-OH is 1. The fourth-order valence-corrected chi connectivity index (χ4v) is 5.70. The van der Waals surface area contributed by atoms with Crippen molar-refractivity contribution >= 4 is 21.6 Å². The van der Waals surface area contributed by atoms with Crippen molar-refractivity contribution in [2.24, 2.45) is 5.92 Å². The summed E-state index contributed by atoms with van der Waals surface area (Å²) < 4.78 is 35.7. The van der Waals surface area contributed by atoms with Crippen LogP contribution in [0.5, 0.6) is 5.75 Å². The first-order chi connectivity index (χ1) is 18.6. The Morgan fingerprint density at radius 3 is 2.51 bits per heavy atom. The van der Waals surface area contributed by atoms with Crippen molar-refractivity contribution in [2.45, 2.75) is 44.4 Å². The molecule has 0 bridgehead atoms. The SMILES string of the molecule is Cc1ccc(S(=O)(=O)Nc2cccc3c2O[C@@H](CN(C)Cc2ccncc2)[C@H](C)CN([C@@H](C)CO)C3=O)cc1. The number of nitrogens with zero attached hydrogens (tertiary/aromatic N) is 3. The van der Waals surface area contributed by atoms with Crippen LogP contribution in [-0.2, 0) is 16.6 Å². The summed E-state index contributed by atoms with van der Waals surface area (Å²) in [4.78, 5) is 21.6. The van der Waals surface area contributed by atoms with Crippen LogP contribution in [0.25, 0.3) is 0 Å². The van der Waals surface area contributed by atoms with Gasteiger partial charge in [0, 0.05) is 37.9 Å². The number of hydrogen-bond donors (Lipinski definition) is 2. The molecule has 0 spiro atoms. The molecule has 2 aromatic carbocycles. The van der Waals surface area contributed by atoms with Gasteiger partial charge in [0.05, 0.1) is 28.8 Å². The number of fused-ring (bicyclic) bond motifs is 1. The Bertz CT molecular complexity index is 1380. The van der Waals surface area contributed by atoms with Gasteiger partial charge in [0.1, 0.15) is 6.10 Å². The van der Waals surface area contributed by atoms with Crippen LogP contribution in [0.15, 0.2) is 71.9 Å².